The minimum atomic E-state index is 0.449. The molecular weight excluding hydrogens is 256 g/mol. The van der Waals surface area contributed by atoms with Gasteiger partial charge in [-0.1, -0.05) is 32.4 Å². The maximum absolute atomic E-state index is 6.32. The first-order valence-electron chi connectivity index (χ1n) is 7.02. The van der Waals surface area contributed by atoms with Crippen molar-refractivity contribution in [3.63, 3.8) is 0 Å². The maximum Gasteiger partial charge on any atom is 0.0659 e. The van der Waals surface area contributed by atoms with Crippen LogP contribution in [0.1, 0.15) is 33.6 Å². The number of hydrogen-bond donors (Lipinski definition) is 1. The number of anilines is 2. The minimum absolute atomic E-state index is 0.449. The third-order valence-electron chi connectivity index (χ3n) is 4.12. The molecule has 1 aliphatic carbocycles. The first-order chi connectivity index (χ1) is 8.78. The van der Waals surface area contributed by atoms with Crippen LogP contribution in [0.5, 0.6) is 0 Å². The predicted octanol–water partition coefficient (Wildman–Crippen LogP) is 4.64. The predicted molar refractivity (Wildman–Crippen MR) is 85.4 cm³/mol. The quantitative estimate of drug-likeness (QED) is 0.867. The van der Waals surface area contributed by atoms with E-state index in [0.717, 1.165) is 16.4 Å². The Morgan fingerprint density at radius 1 is 1.26 bits per heavy atom. The molecule has 1 aliphatic rings. The molecule has 0 radical (unpaired) electrons. The third kappa shape index (κ3) is 3.36. The lowest BCUT2D eigenvalue weighted by Gasteiger charge is -2.21. The Balaban J connectivity index is 2.10. The summed E-state index contributed by atoms with van der Waals surface area (Å²) in [5, 5.41) is 4.46. The van der Waals surface area contributed by atoms with Gasteiger partial charge >= 0.3 is 0 Å². The topological polar surface area (TPSA) is 15.3 Å². The van der Waals surface area contributed by atoms with Gasteiger partial charge in [0.1, 0.15) is 0 Å². The fourth-order valence-corrected chi connectivity index (χ4v) is 3.61. The Morgan fingerprint density at radius 2 is 1.95 bits per heavy atom. The van der Waals surface area contributed by atoms with E-state index < -0.39 is 0 Å². The van der Waals surface area contributed by atoms with Gasteiger partial charge in [-0.25, -0.2) is 0 Å². The second-order valence-electron chi connectivity index (χ2n) is 6.86. The molecule has 1 aromatic rings. The highest BCUT2D eigenvalue weighted by Gasteiger charge is 2.36. The average Bonchev–Trinajstić information content (AvgIpc) is 2.51. The van der Waals surface area contributed by atoms with E-state index in [-0.39, 0.29) is 0 Å². The molecule has 2 nitrogen and oxygen atoms in total. The van der Waals surface area contributed by atoms with Gasteiger partial charge in [0.05, 0.1) is 10.7 Å². The van der Waals surface area contributed by atoms with Crippen LogP contribution < -0.4 is 10.2 Å². The molecule has 106 valence electrons. The van der Waals surface area contributed by atoms with Crippen LogP contribution in [0.4, 0.5) is 11.4 Å². The van der Waals surface area contributed by atoms with Gasteiger partial charge in [0, 0.05) is 25.8 Å². The van der Waals surface area contributed by atoms with Gasteiger partial charge in [0.15, 0.2) is 0 Å². The molecule has 1 saturated carbocycles. The number of rotatable bonds is 3. The SMILES string of the molecule is CC1CC(C)(C)CC1Nc1ccc(N(C)C)c(Cl)c1. The highest BCUT2D eigenvalue weighted by Crippen LogP contribution is 2.42. The lowest BCUT2D eigenvalue weighted by molar-refractivity contribution is 0.366. The standard InChI is InChI=1S/C16H25ClN2/c1-11-9-16(2,3)10-14(11)18-12-6-7-15(19(4)5)13(17)8-12/h6-8,11,14,18H,9-10H2,1-5H3. The zero-order valence-corrected chi connectivity index (χ0v) is 13.4. The Bertz CT molecular complexity index is 454. The van der Waals surface area contributed by atoms with Crippen molar-refractivity contribution in [3.8, 4) is 0 Å². The molecule has 0 amide bonds. The van der Waals surface area contributed by atoms with Gasteiger partial charge in [0.2, 0.25) is 0 Å². The summed E-state index contributed by atoms with van der Waals surface area (Å²) in [6.45, 7) is 7.04. The lowest BCUT2D eigenvalue weighted by Crippen LogP contribution is -2.22. The maximum atomic E-state index is 6.32. The van der Waals surface area contributed by atoms with Crippen LogP contribution >= 0.6 is 11.6 Å². The number of nitrogens with one attached hydrogen (secondary N) is 1. The summed E-state index contributed by atoms with van der Waals surface area (Å²) >= 11 is 6.32. The second-order valence-corrected chi connectivity index (χ2v) is 7.27. The lowest BCUT2D eigenvalue weighted by atomic mass is 9.91. The number of nitrogens with zero attached hydrogens (tertiary/aromatic N) is 1. The van der Waals surface area contributed by atoms with Crippen molar-refractivity contribution in [2.45, 2.75) is 39.7 Å². The fraction of sp³-hybridized carbons (Fsp3) is 0.625. The summed E-state index contributed by atoms with van der Waals surface area (Å²) in [4.78, 5) is 2.04. The Kier molecular flexibility index (Phi) is 4.00. The van der Waals surface area contributed by atoms with E-state index in [9.17, 15) is 0 Å². The van der Waals surface area contributed by atoms with Crippen LogP contribution in [0.15, 0.2) is 18.2 Å². The summed E-state index contributed by atoms with van der Waals surface area (Å²) in [5.74, 6) is 0.710. The molecule has 0 aliphatic heterocycles. The van der Waals surface area contributed by atoms with Crippen molar-refractivity contribution in [2.75, 3.05) is 24.3 Å². The highest BCUT2D eigenvalue weighted by atomic mass is 35.5. The molecule has 2 atom stereocenters. The largest absolute Gasteiger partial charge is 0.382 e. The molecule has 0 spiro atoms. The van der Waals surface area contributed by atoms with Crippen LogP contribution in [0.25, 0.3) is 0 Å². The molecule has 0 bridgehead atoms. The van der Waals surface area contributed by atoms with Crippen LogP contribution in [0.3, 0.4) is 0 Å². The van der Waals surface area contributed by atoms with Crippen LogP contribution in [0, 0.1) is 11.3 Å². The smallest absolute Gasteiger partial charge is 0.0659 e. The number of benzene rings is 1. The molecule has 19 heavy (non-hydrogen) atoms. The molecule has 3 heteroatoms. The second kappa shape index (κ2) is 5.24. The van der Waals surface area contributed by atoms with Gasteiger partial charge in [-0.2, -0.15) is 0 Å². The first kappa shape index (κ1) is 14.5. The zero-order valence-electron chi connectivity index (χ0n) is 12.6. The Labute approximate surface area is 122 Å². The summed E-state index contributed by atoms with van der Waals surface area (Å²) in [6.07, 6.45) is 2.51. The van der Waals surface area contributed by atoms with E-state index in [1.54, 1.807) is 0 Å². The van der Waals surface area contributed by atoms with Crippen molar-refractivity contribution in [2.24, 2.45) is 11.3 Å². The monoisotopic (exact) mass is 280 g/mol. The number of hydrogen-bond acceptors (Lipinski definition) is 2. The Hall–Kier alpha value is -0.890. The molecule has 0 aromatic heterocycles. The summed E-state index contributed by atoms with van der Waals surface area (Å²) in [7, 11) is 4.02. The molecule has 1 N–H and O–H groups in total. The van der Waals surface area contributed by atoms with Gasteiger partial charge < -0.3 is 10.2 Å². The van der Waals surface area contributed by atoms with Crippen LogP contribution in [-0.2, 0) is 0 Å². The Morgan fingerprint density at radius 3 is 2.42 bits per heavy atom. The van der Waals surface area contributed by atoms with E-state index >= 15 is 0 Å². The van der Waals surface area contributed by atoms with Crippen molar-refractivity contribution in [3.05, 3.63) is 23.2 Å². The molecule has 0 heterocycles. The van der Waals surface area contributed by atoms with Gasteiger partial charge in [-0.05, 0) is 42.4 Å². The van der Waals surface area contributed by atoms with E-state index in [1.807, 2.05) is 25.1 Å². The normalized spacial score (nSPS) is 25.4. The van der Waals surface area contributed by atoms with E-state index in [2.05, 4.69) is 38.2 Å². The molecule has 2 unspecified atom stereocenters. The molecule has 1 aromatic carbocycles. The van der Waals surface area contributed by atoms with E-state index in [1.165, 1.54) is 12.8 Å². The fourth-order valence-electron chi connectivity index (χ4n) is 3.26. The molecule has 2 rings (SSSR count). The van der Waals surface area contributed by atoms with Crippen molar-refractivity contribution in [1.82, 2.24) is 0 Å². The number of halogens is 1. The minimum Gasteiger partial charge on any atom is -0.382 e. The highest BCUT2D eigenvalue weighted by molar-refractivity contribution is 6.33. The van der Waals surface area contributed by atoms with E-state index in [0.29, 0.717) is 17.4 Å². The van der Waals surface area contributed by atoms with Crippen LogP contribution in [-0.4, -0.2) is 20.1 Å². The summed E-state index contributed by atoms with van der Waals surface area (Å²) < 4.78 is 0. The van der Waals surface area contributed by atoms with Gasteiger partial charge in [-0.15, -0.1) is 0 Å². The van der Waals surface area contributed by atoms with Crippen molar-refractivity contribution >= 4 is 23.0 Å². The van der Waals surface area contributed by atoms with Gasteiger partial charge in [-0.3, -0.25) is 0 Å². The summed E-state index contributed by atoms with van der Waals surface area (Å²) in [6, 6.07) is 6.79. The molecule has 1 fully saturated rings. The molecular formula is C16H25ClN2. The van der Waals surface area contributed by atoms with Crippen molar-refractivity contribution in [1.29, 1.82) is 0 Å². The van der Waals surface area contributed by atoms with Gasteiger partial charge in [0.25, 0.3) is 0 Å². The van der Waals surface area contributed by atoms with Crippen LogP contribution in [0.2, 0.25) is 5.02 Å². The summed E-state index contributed by atoms with van der Waals surface area (Å²) in [5.41, 5.74) is 2.64. The van der Waals surface area contributed by atoms with E-state index in [4.69, 9.17) is 11.6 Å². The zero-order chi connectivity index (χ0) is 14.2. The van der Waals surface area contributed by atoms with Crippen molar-refractivity contribution < 1.29 is 0 Å². The first-order valence-corrected chi connectivity index (χ1v) is 7.40. The molecule has 0 saturated heterocycles. The average molecular weight is 281 g/mol. The third-order valence-corrected chi connectivity index (χ3v) is 4.42.